The van der Waals surface area contributed by atoms with Crippen molar-refractivity contribution in [1.29, 1.82) is 0 Å². The van der Waals surface area contributed by atoms with Crippen molar-refractivity contribution in [3.8, 4) is 0 Å². The molecule has 0 saturated carbocycles. The summed E-state index contributed by atoms with van der Waals surface area (Å²) in [6.45, 7) is 16.0. The fourth-order valence-corrected chi connectivity index (χ4v) is 2.17. The van der Waals surface area contributed by atoms with Gasteiger partial charge < -0.3 is 10.4 Å². The fraction of sp³-hybridized carbons (Fsp3) is 0.929. The van der Waals surface area contributed by atoms with Crippen molar-refractivity contribution in [1.82, 2.24) is 5.32 Å². The number of carbonyl (C=O) groups is 1. The van der Waals surface area contributed by atoms with Gasteiger partial charge in [0.05, 0.1) is 0 Å². The topological polar surface area (TPSA) is 49.3 Å². The van der Waals surface area contributed by atoms with Gasteiger partial charge in [0.1, 0.15) is 6.10 Å². The minimum atomic E-state index is -0.971. The van der Waals surface area contributed by atoms with Gasteiger partial charge >= 0.3 is 0 Å². The maximum atomic E-state index is 11.9. The molecule has 1 unspecified atom stereocenters. The van der Waals surface area contributed by atoms with Crippen molar-refractivity contribution in [3.63, 3.8) is 0 Å². The van der Waals surface area contributed by atoms with E-state index in [2.05, 4.69) is 26.1 Å². The number of amides is 1. The van der Waals surface area contributed by atoms with Gasteiger partial charge in [0.25, 0.3) is 0 Å². The second-order valence-corrected chi connectivity index (χ2v) is 7.88. The molecule has 2 N–H and O–H groups in total. The molecular weight excluding hydrogens is 214 g/mol. The van der Waals surface area contributed by atoms with E-state index in [1.54, 1.807) is 0 Å². The van der Waals surface area contributed by atoms with E-state index in [0.717, 1.165) is 6.42 Å². The molecule has 0 bridgehead atoms. The minimum Gasteiger partial charge on any atom is -0.383 e. The van der Waals surface area contributed by atoms with Crippen LogP contribution in [0.4, 0.5) is 0 Å². The lowest BCUT2D eigenvalue weighted by Gasteiger charge is -2.35. The van der Waals surface area contributed by atoms with E-state index in [0.29, 0.717) is 0 Å². The molecule has 1 atom stereocenters. The maximum absolute atomic E-state index is 11.9. The molecule has 0 aromatic carbocycles. The van der Waals surface area contributed by atoms with E-state index < -0.39 is 11.5 Å². The summed E-state index contributed by atoms with van der Waals surface area (Å²) in [7, 11) is 0. The number of nitrogens with one attached hydrogen (secondary N) is 1. The summed E-state index contributed by atoms with van der Waals surface area (Å²) in [5.74, 6) is -0.285. The normalized spacial score (nSPS) is 15.6. The van der Waals surface area contributed by atoms with Crippen LogP contribution in [0.1, 0.15) is 61.8 Å². The Morgan fingerprint density at radius 3 is 1.76 bits per heavy atom. The van der Waals surface area contributed by atoms with Crippen molar-refractivity contribution in [3.05, 3.63) is 0 Å². The summed E-state index contributed by atoms with van der Waals surface area (Å²) in [6.07, 6.45) is -0.107. The number of hydrogen-bond acceptors (Lipinski definition) is 2. The van der Waals surface area contributed by atoms with Crippen molar-refractivity contribution >= 4 is 5.91 Å². The van der Waals surface area contributed by atoms with Crippen LogP contribution in [0.3, 0.4) is 0 Å². The zero-order valence-electron chi connectivity index (χ0n) is 12.6. The predicted octanol–water partition coefficient (Wildman–Crippen LogP) is 2.72. The molecule has 0 aromatic heterocycles. The lowest BCUT2D eigenvalue weighted by molar-refractivity contribution is -0.136. The largest absolute Gasteiger partial charge is 0.383 e. The first-order valence-corrected chi connectivity index (χ1v) is 6.25. The van der Waals surface area contributed by atoms with Gasteiger partial charge in [-0.1, -0.05) is 41.5 Å². The van der Waals surface area contributed by atoms with Crippen LogP contribution in [-0.2, 0) is 4.79 Å². The molecule has 0 spiro atoms. The zero-order valence-corrected chi connectivity index (χ0v) is 12.6. The molecule has 3 heteroatoms. The Kier molecular flexibility index (Phi) is 4.80. The van der Waals surface area contributed by atoms with Crippen LogP contribution in [0.5, 0.6) is 0 Å². The smallest absolute Gasteiger partial charge is 0.249 e. The molecule has 0 heterocycles. The van der Waals surface area contributed by atoms with Crippen LogP contribution in [0.15, 0.2) is 0 Å². The average molecular weight is 243 g/mol. The Morgan fingerprint density at radius 1 is 1.06 bits per heavy atom. The van der Waals surface area contributed by atoms with Crippen LogP contribution in [-0.4, -0.2) is 22.7 Å². The number of aliphatic hydroxyl groups is 1. The standard InChI is InChI=1S/C14H29NO2/c1-12(2,3)9-14(7,8)15-11(17)10(16)13(4,5)6/h10,16H,9H2,1-8H3,(H,15,17). The summed E-state index contributed by atoms with van der Waals surface area (Å²) < 4.78 is 0. The van der Waals surface area contributed by atoms with Crippen LogP contribution in [0.2, 0.25) is 0 Å². The van der Waals surface area contributed by atoms with Gasteiger partial charge in [-0.3, -0.25) is 4.79 Å². The van der Waals surface area contributed by atoms with E-state index in [1.807, 2.05) is 34.6 Å². The lowest BCUT2D eigenvalue weighted by Crippen LogP contribution is -2.52. The van der Waals surface area contributed by atoms with Crippen LogP contribution in [0, 0.1) is 10.8 Å². The molecule has 102 valence electrons. The summed E-state index contributed by atoms with van der Waals surface area (Å²) >= 11 is 0. The Bertz CT molecular complexity index is 269. The summed E-state index contributed by atoms with van der Waals surface area (Å²) in [5.41, 5.74) is -0.590. The Balaban J connectivity index is 4.58. The number of rotatable bonds is 3. The number of carbonyl (C=O) groups excluding carboxylic acids is 1. The van der Waals surface area contributed by atoms with E-state index in [1.165, 1.54) is 0 Å². The quantitative estimate of drug-likeness (QED) is 0.800. The molecular formula is C14H29NO2. The highest BCUT2D eigenvalue weighted by molar-refractivity contribution is 5.81. The van der Waals surface area contributed by atoms with E-state index in [-0.39, 0.29) is 16.9 Å². The highest BCUT2D eigenvalue weighted by Gasteiger charge is 2.33. The first-order chi connectivity index (χ1) is 7.25. The lowest BCUT2D eigenvalue weighted by atomic mass is 9.81. The predicted molar refractivity (Wildman–Crippen MR) is 71.8 cm³/mol. The van der Waals surface area contributed by atoms with Gasteiger partial charge in [-0.15, -0.1) is 0 Å². The maximum Gasteiger partial charge on any atom is 0.249 e. The summed E-state index contributed by atoms with van der Waals surface area (Å²) in [6, 6.07) is 0. The highest BCUT2D eigenvalue weighted by Crippen LogP contribution is 2.27. The average Bonchev–Trinajstić information content (AvgIpc) is 1.94. The van der Waals surface area contributed by atoms with E-state index >= 15 is 0 Å². The molecule has 0 radical (unpaired) electrons. The Labute approximate surface area is 106 Å². The Morgan fingerprint density at radius 2 is 1.47 bits per heavy atom. The molecule has 1 amide bonds. The SMILES string of the molecule is CC(C)(C)CC(C)(C)NC(=O)C(O)C(C)(C)C. The molecule has 3 nitrogen and oxygen atoms in total. The molecule has 0 aliphatic heterocycles. The van der Waals surface area contributed by atoms with Crippen molar-refractivity contribution < 1.29 is 9.90 Å². The summed E-state index contributed by atoms with van der Waals surface area (Å²) in [4.78, 5) is 11.9. The van der Waals surface area contributed by atoms with Crippen molar-refractivity contribution in [2.75, 3.05) is 0 Å². The van der Waals surface area contributed by atoms with Crippen LogP contribution < -0.4 is 5.32 Å². The molecule has 0 fully saturated rings. The van der Waals surface area contributed by atoms with Gasteiger partial charge in [0.2, 0.25) is 5.91 Å². The molecule has 0 saturated heterocycles. The third-order valence-corrected chi connectivity index (χ3v) is 2.50. The van der Waals surface area contributed by atoms with E-state index in [9.17, 15) is 9.90 Å². The minimum absolute atomic E-state index is 0.142. The van der Waals surface area contributed by atoms with Crippen molar-refractivity contribution in [2.24, 2.45) is 10.8 Å². The first kappa shape index (κ1) is 16.4. The monoisotopic (exact) mass is 243 g/mol. The zero-order chi connectivity index (χ0) is 14.1. The molecule has 0 aromatic rings. The van der Waals surface area contributed by atoms with Crippen LogP contribution in [0.25, 0.3) is 0 Å². The van der Waals surface area contributed by atoms with Gasteiger partial charge in [0.15, 0.2) is 0 Å². The molecule has 0 rings (SSSR count). The molecule has 17 heavy (non-hydrogen) atoms. The summed E-state index contributed by atoms with van der Waals surface area (Å²) in [5, 5.41) is 12.8. The fourth-order valence-electron chi connectivity index (χ4n) is 2.17. The second kappa shape index (κ2) is 4.97. The molecule has 0 aliphatic rings. The number of hydrogen-bond donors (Lipinski definition) is 2. The van der Waals surface area contributed by atoms with Gasteiger partial charge in [-0.25, -0.2) is 0 Å². The first-order valence-electron chi connectivity index (χ1n) is 6.25. The van der Waals surface area contributed by atoms with Gasteiger partial charge in [-0.05, 0) is 31.1 Å². The van der Waals surface area contributed by atoms with Gasteiger partial charge in [-0.2, -0.15) is 0 Å². The third-order valence-electron chi connectivity index (χ3n) is 2.50. The number of aliphatic hydroxyl groups excluding tert-OH is 1. The Hall–Kier alpha value is -0.570. The van der Waals surface area contributed by atoms with Gasteiger partial charge in [0, 0.05) is 5.54 Å². The highest BCUT2D eigenvalue weighted by atomic mass is 16.3. The van der Waals surface area contributed by atoms with Crippen molar-refractivity contribution in [2.45, 2.75) is 73.5 Å². The second-order valence-electron chi connectivity index (χ2n) is 7.88. The van der Waals surface area contributed by atoms with Crippen LogP contribution >= 0.6 is 0 Å². The molecule has 0 aliphatic carbocycles. The van der Waals surface area contributed by atoms with E-state index in [4.69, 9.17) is 0 Å². The third kappa shape index (κ3) is 6.67.